The number of carbonyl (C=O) groups excluding carboxylic acids is 2. The van der Waals surface area contributed by atoms with Gasteiger partial charge in [0, 0.05) is 45.1 Å². The zero-order valence-corrected chi connectivity index (χ0v) is 24.9. The average molecular weight is 556 g/mol. The van der Waals surface area contributed by atoms with Crippen LogP contribution in [0.5, 0.6) is 0 Å². The van der Waals surface area contributed by atoms with Gasteiger partial charge in [0.1, 0.15) is 0 Å². The second-order valence-corrected chi connectivity index (χ2v) is 10.8. The third kappa shape index (κ3) is 8.33. The van der Waals surface area contributed by atoms with Gasteiger partial charge in [-0.2, -0.15) is 0 Å². The van der Waals surface area contributed by atoms with E-state index in [9.17, 15) is 9.59 Å². The Labute approximate surface area is 245 Å². The van der Waals surface area contributed by atoms with Crippen LogP contribution in [0.3, 0.4) is 0 Å². The van der Waals surface area contributed by atoms with Gasteiger partial charge in [0.25, 0.3) is 5.91 Å². The molecule has 0 spiro atoms. The van der Waals surface area contributed by atoms with Crippen molar-refractivity contribution in [2.45, 2.75) is 58.3 Å². The quantitative estimate of drug-likeness (QED) is 0.225. The van der Waals surface area contributed by atoms with Crippen molar-refractivity contribution < 1.29 is 9.59 Å². The van der Waals surface area contributed by atoms with Gasteiger partial charge < -0.3 is 10.6 Å². The largest absolute Gasteiger partial charge is 0.355 e. The fourth-order valence-electron chi connectivity index (χ4n) is 5.21. The summed E-state index contributed by atoms with van der Waals surface area (Å²) >= 11 is 0. The topological polar surface area (TPSA) is 67.9 Å². The van der Waals surface area contributed by atoms with Crippen molar-refractivity contribution in [1.82, 2.24) is 15.3 Å². The van der Waals surface area contributed by atoms with Gasteiger partial charge in [-0.25, -0.2) is 9.80 Å². The zero-order chi connectivity index (χ0) is 29.0. The Balaban J connectivity index is 1.38. The van der Waals surface area contributed by atoms with Crippen LogP contribution in [0.15, 0.2) is 72.8 Å². The smallest absolute Gasteiger partial charge is 0.321 e. The van der Waals surface area contributed by atoms with Gasteiger partial charge in [0.2, 0.25) is 0 Å². The van der Waals surface area contributed by atoms with E-state index in [-0.39, 0.29) is 11.9 Å². The van der Waals surface area contributed by atoms with Gasteiger partial charge in [-0.15, -0.1) is 0 Å². The van der Waals surface area contributed by atoms with E-state index < -0.39 is 0 Å². The Hall–Kier alpha value is -3.84. The molecule has 1 saturated heterocycles. The van der Waals surface area contributed by atoms with Crippen molar-refractivity contribution in [3.8, 4) is 11.1 Å². The first-order valence-corrected chi connectivity index (χ1v) is 15.1. The number of carbonyl (C=O) groups is 2. The SMILES string of the molecule is CCCCCCCNC(=O)N(C)c1cccc(-c2ccc(Nc3ccccc3C(=O)N(C)N3CCCCC3)cc2)c1. The van der Waals surface area contributed by atoms with E-state index in [0.29, 0.717) is 12.1 Å². The molecule has 0 aliphatic carbocycles. The molecular formula is C34H45N5O2. The van der Waals surface area contributed by atoms with Crippen LogP contribution in [0.25, 0.3) is 11.1 Å². The molecule has 218 valence electrons. The number of unbranched alkanes of at least 4 members (excludes halogenated alkanes) is 4. The number of amides is 3. The molecule has 7 heteroatoms. The summed E-state index contributed by atoms with van der Waals surface area (Å²) in [7, 11) is 3.67. The zero-order valence-electron chi connectivity index (χ0n) is 24.9. The fraction of sp³-hybridized carbons (Fsp3) is 0.412. The van der Waals surface area contributed by atoms with Crippen molar-refractivity contribution in [2.75, 3.05) is 43.9 Å². The minimum absolute atomic E-state index is 0.00640. The minimum atomic E-state index is -0.0867. The van der Waals surface area contributed by atoms with Crippen molar-refractivity contribution in [2.24, 2.45) is 0 Å². The minimum Gasteiger partial charge on any atom is -0.355 e. The maximum absolute atomic E-state index is 13.4. The molecule has 1 heterocycles. The molecule has 2 N–H and O–H groups in total. The molecule has 3 aromatic rings. The van der Waals surface area contributed by atoms with E-state index in [1.165, 1.54) is 25.7 Å². The molecule has 0 aromatic heterocycles. The summed E-state index contributed by atoms with van der Waals surface area (Å²) in [5.74, 6) is -0.00640. The second kappa shape index (κ2) is 15.2. The number of hydrogen-bond acceptors (Lipinski definition) is 4. The summed E-state index contributed by atoms with van der Waals surface area (Å²) in [5.41, 5.74) is 5.27. The van der Waals surface area contributed by atoms with Gasteiger partial charge in [-0.1, -0.05) is 75.4 Å². The monoisotopic (exact) mass is 555 g/mol. The lowest BCUT2D eigenvalue weighted by Crippen LogP contribution is -2.46. The van der Waals surface area contributed by atoms with Crippen LogP contribution in [-0.4, -0.2) is 55.7 Å². The van der Waals surface area contributed by atoms with Gasteiger partial charge in [0.05, 0.1) is 11.3 Å². The lowest BCUT2D eigenvalue weighted by molar-refractivity contribution is -0.00490. The van der Waals surface area contributed by atoms with E-state index in [1.807, 2.05) is 61.6 Å². The summed E-state index contributed by atoms with van der Waals surface area (Å²) < 4.78 is 0. The lowest BCUT2D eigenvalue weighted by Gasteiger charge is -2.35. The van der Waals surface area contributed by atoms with Crippen LogP contribution in [0, 0.1) is 0 Å². The van der Waals surface area contributed by atoms with Gasteiger partial charge in [-0.3, -0.25) is 14.7 Å². The Morgan fingerprint density at radius 3 is 2.29 bits per heavy atom. The molecule has 41 heavy (non-hydrogen) atoms. The number of piperidine rings is 1. The Kier molecular flexibility index (Phi) is 11.2. The maximum atomic E-state index is 13.4. The Morgan fingerprint density at radius 1 is 0.805 bits per heavy atom. The number of benzene rings is 3. The number of urea groups is 1. The van der Waals surface area contributed by atoms with Crippen LogP contribution in [0.2, 0.25) is 0 Å². The highest BCUT2D eigenvalue weighted by Gasteiger charge is 2.22. The highest BCUT2D eigenvalue weighted by Crippen LogP contribution is 2.28. The second-order valence-electron chi connectivity index (χ2n) is 10.8. The van der Waals surface area contributed by atoms with E-state index in [0.717, 1.165) is 67.0 Å². The van der Waals surface area contributed by atoms with Crippen LogP contribution < -0.4 is 15.5 Å². The van der Waals surface area contributed by atoms with Gasteiger partial charge >= 0.3 is 6.03 Å². The maximum Gasteiger partial charge on any atom is 0.321 e. The first kappa shape index (κ1) is 30.1. The molecule has 0 radical (unpaired) electrons. The third-order valence-corrected chi connectivity index (χ3v) is 7.80. The molecule has 3 aromatic carbocycles. The number of hydrazine groups is 1. The molecule has 0 bridgehead atoms. The number of anilines is 3. The number of nitrogens with one attached hydrogen (secondary N) is 2. The first-order chi connectivity index (χ1) is 20.0. The lowest BCUT2D eigenvalue weighted by atomic mass is 10.0. The van der Waals surface area contributed by atoms with Crippen LogP contribution in [0.1, 0.15) is 68.6 Å². The van der Waals surface area contributed by atoms with Crippen molar-refractivity contribution >= 4 is 29.0 Å². The van der Waals surface area contributed by atoms with Crippen molar-refractivity contribution in [3.63, 3.8) is 0 Å². The average Bonchev–Trinajstić information content (AvgIpc) is 3.02. The third-order valence-electron chi connectivity index (χ3n) is 7.80. The molecule has 1 fully saturated rings. The molecule has 1 aliphatic heterocycles. The molecule has 4 rings (SSSR count). The molecular weight excluding hydrogens is 510 g/mol. The summed E-state index contributed by atoms with van der Waals surface area (Å²) in [6.07, 6.45) is 9.31. The van der Waals surface area contributed by atoms with Crippen LogP contribution in [-0.2, 0) is 0 Å². The highest BCUT2D eigenvalue weighted by molar-refractivity contribution is 6.00. The number of nitrogens with zero attached hydrogens (tertiary/aromatic N) is 3. The molecule has 0 saturated carbocycles. The molecule has 0 unspecified atom stereocenters. The Bertz CT molecular complexity index is 1270. The normalized spacial score (nSPS) is 13.4. The fourth-order valence-corrected chi connectivity index (χ4v) is 5.21. The molecule has 7 nitrogen and oxygen atoms in total. The standard InChI is InChI=1S/C34H45N5O2/c1-4-5-6-7-11-23-35-34(41)37(2)30-16-14-15-28(26-30)27-19-21-29(22-20-27)36-32-18-10-9-17-31(32)33(40)38(3)39-24-12-8-13-25-39/h9-10,14-22,26,36H,4-8,11-13,23-25H2,1-3H3,(H,35,41). The number of hydrogen-bond donors (Lipinski definition) is 2. The Morgan fingerprint density at radius 2 is 1.54 bits per heavy atom. The molecule has 3 amide bonds. The molecule has 1 aliphatic rings. The predicted octanol–water partition coefficient (Wildman–Crippen LogP) is 7.69. The van der Waals surface area contributed by atoms with E-state index in [2.05, 4.69) is 40.8 Å². The highest BCUT2D eigenvalue weighted by atomic mass is 16.2. The first-order valence-electron chi connectivity index (χ1n) is 15.1. The summed E-state index contributed by atoms with van der Waals surface area (Å²) in [6.45, 7) is 4.74. The van der Waals surface area contributed by atoms with Gasteiger partial charge in [0.15, 0.2) is 0 Å². The summed E-state index contributed by atoms with van der Waals surface area (Å²) in [5, 5.41) is 10.4. The summed E-state index contributed by atoms with van der Waals surface area (Å²) in [4.78, 5) is 27.7. The van der Waals surface area contributed by atoms with Crippen molar-refractivity contribution in [3.05, 3.63) is 78.4 Å². The molecule has 0 atom stereocenters. The van der Waals surface area contributed by atoms with Crippen molar-refractivity contribution in [1.29, 1.82) is 0 Å². The number of para-hydroxylation sites is 1. The predicted molar refractivity (Wildman–Crippen MR) is 170 cm³/mol. The summed E-state index contributed by atoms with van der Waals surface area (Å²) in [6, 6.07) is 23.8. The number of rotatable bonds is 12. The van der Waals surface area contributed by atoms with E-state index in [1.54, 1.807) is 17.0 Å². The van der Waals surface area contributed by atoms with E-state index in [4.69, 9.17) is 0 Å². The van der Waals surface area contributed by atoms with Crippen LogP contribution in [0.4, 0.5) is 21.9 Å². The van der Waals surface area contributed by atoms with Gasteiger partial charge in [-0.05, 0) is 66.8 Å². The van der Waals surface area contributed by atoms with E-state index >= 15 is 0 Å². The van der Waals surface area contributed by atoms with Crippen LogP contribution >= 0.6 is 0 Å².